The van der Waals surface area contributed by atoms with E-state index in [4.69, 9.17) is 5.73 Å². The number of carbonyl (C=O) groups excluding carboxylic acids is 4. The van der Waals surface area contributed by atoms with Crippen LogP contribution in [-0.4, -0.2) is 72.3 Å². The lowest BCUT2D eigenvalue weighted by atomic mass is 9.95. The van der Waals surface area contributed by atoms with Gasteiger partial charge in [0, 0.05) is 25.7 Å². The van der Waals surface area contributed by atoms with Gasteiger partial charge in [-0.05, 0) is 56.6 Å². The molecule has 0 bridgehead atoms. The Bertz CT molecular complexity index is 864. The smallest absolute Gasteiger partial charge is 0.332 e. The van der Waals surface area contributed by atoms with Crippen LogP contribution in [-0.2, 0) is 14.4 Å². The lowest BCUT2D eigenvalue weighted by Gasteiger charge is -2.23. The van der Waals surface area contributed by atoms with Gasteiger partial charge in [0.05, 0.1) is 12.2 Å². The Kier molecular flexibility index (Phi) is 4.77. The number of anilines is 2. The Labute approximate surface area is 169 Å². The third-order valence-corrected chi connectivity index (χ3v) is 5.97. The maximum Gasteiger partial charge on any atom is 0.332 e. The summed E-state index contributed by atoms with van der Waals surface area (Å²) in [4.78, 5) is 56.1. The van der Waals surface area contributed by atoms with Crippen molar-refractivity contribution in [2.45, 2.75) is 24.8 Å². The average Bonchev–Trinajstić information content (AvgIpc) is 3.41. The molecule has 0 saturated carbocycles. The number of rotatable bonds is 5. The van der Waals surface area contributed by atoms with Crippen molar-refractivity contribution in [1.82, 2.24) is 9.80 Å². The summed E-state index contributed by atoms with van der Waals surface area (Å²) in [6.07, 6.45) is 4.18. The number of likely N-dealkylation sites (tertiary alicyclic amines) is 1. The molecule has 153 valence electrons. The van der Waals surface area contributed by atoms with Gasteiger partial charge in [-0.3, -0.25) is 19.3 Å². The molecule has 3 aliphatic rings. The van der Waals surface area contributed by atoms with Crippen molar-refractivity contribution < 1.29 is 19.2 Å². The highest BCUT2D eigenvalue weighted by Crippen LogP contribution is 2.39. The summed E-state index contributed by atoms with van der Waals surface area (Å²) in [5, 5.41) is 0. The topological polar surface area (TPSA) is 107 Å². The zero-order valence-electron chi connectivity index (χ0n) is 16.3. The maximum atomic E-state index is 12.9. The number of hydrogen-bond donors (Lipinski definition) is 1. The van der Waals surface area contributed by atoms with Crippen LogP contribution in [0.2, 0.25) is 0 Å². The van der Waals surface area contributed by atoms with Crippen molar-refractivity contribution in [3.8, 4) is 0 Å². The maximum absolute atomic E-state index is 12.9. The SMILES string of the molecule is CN(C(=O)CN1CCCC1)c1ccc(N2C(=O)N3CC[CH][C@]3(C(N)=O)C2=O)cc1. The number of hydrogen-bond acceptors (Lipinski definition) is 5. The number of imide groups is 1. The minimum atomic E-state index is -1.70. The van der Waals surface area contributed by atoms with Crippen LogP contribution in [0.1, 0.15) is 19.3 Å². The van der Waals surface area contributed by atoms with Gasteiger partial charge in [-0.2, -0.15) is 0 Å². The third kappa shape index (κ3) is 2.96. The number of nitrogens with two attached hydrogens (primary N) is 1. The second kappa shape index (κ2) is 7.14. The molecule has 1 atom stereocenters. The molecule has 3 aliphatic heterocycles. The van der Waals surface area contributed by atoms with Crippen LogP contribution in [0.15, 0.2) is 24.3 Å². The van der Waals surface area contributed by atoms with Crippen molar-refractivity contribution in [2.75, 3.05) is 43.0 Å². The predicted molar refractivity (Wildman–Crippen MR) is 106 cm³/mol. The molecule has 1 radical (unpaired) electrons. The third-order valence-electron chi connectivity index (χ3n) is 5.97. The van der Waals surface area contributed by atoms with Crippen LogP contribution >= 0.6 is 0 Å². The van der Waals surface area contributed by atoms with Gasteiger partial charge in [0.1, 0.15) is 0 Å². The van der Waals surface area contributed by atoms with Gasteiger partial charge in [-0.1, -0.05) is 0 Å². The lowest BCUT2D eigenvalue weighted by molar-refractivity contribution is -0.134. The van der Waals surface area contributed by atoms with Crippen molar-refractivity contribution in [2.24, 2.45) is 5.73 Å². The lowest BCUT2D eigenvalue weighted by Crippen LogP contribution is -2.55. The number of amides is 5. The van der Waals surface area contributed by atoms with E-state index >= 15 is 0 Å². The highest BCUT2D eigenvalue weighted by Gasteiger charge is 2.64. The Morgan fingerprint density at radius 2 is 1.76 bits per heavy atom. The van der Waals surface area contributed by atoms with Crippen molar-refractivity contribution >= 4 is 35.1 Å². The molecule has 9 nitrogen and oxygen atoms in total. The molecule has 0 aromatic heterocycles. The summed E-state index contributed by atoms with van der Waals surface area (Å²) in [6, 6.07) is 6.00. The van der Waals surface area contributed by atoms with E-state index in [1.54, 1.807) is 36.2 Å². The number of primary amides is 1. The van der Waals surface area contributed by atoms with E-state index in [0.717, 1.165) is 30.8 Å². The van der Waals surface area contributed by atoms with Crippen LogP contribution in [0.5, 0.6) is 0 Å². The molecule has 5 amide bonds. The molecule has 3 saturated heterocycles. The van der Waals surface area contributed by atoms with Crippen LogP contribution < -0.4 is 15.5 Å². The predicted octanol–water partition coefficient (Wildman–Crippen LogP) is 0.346. The molecule has 0 unspecified atom stereocenters. The number of carbonyl (C=O) groups is 4. The minimum Gasteiger partial charge on any atom is -0.367 e. The number of benzene rings is 1. The van der Waals surface area contributed by atoms with Crippen molar-refractivity contribution in [1.29, 1.82) is 0 Å². The fourth-order valence-electron chi connectivity index (χ4n) is 4.29. The minimum absolute atomic E-state index is 0.0177. The Balaban J connectivity index is 1.52. The van der Waals surface area contributed by atoms with Crippen LogP contribution in [0.3, 0.4) is 0 Å². The fraction of sp³-hybridized carbons (Fsp3) is 0.450. The number of nitrogens with zero attached hydrogens (tertiary/aromatic N) is 4. The molecule has 1 aromatic carbocycles. The van der Waals surface area contributed by atoms with Gasteiger partial charge in [-0.25, -0.2) is 9.69 Å². The summed E-state index contributed by atoms with van der Waals surface area (Å²) in [5.74, 6) is -1.52. The Hall–Kier alpha value is -2.94. The second-order valence-corrected chi connectivity index (χ2v) is 7.65. The zero-order valence-corrected chi connectivity index (χ0v) is 16.3. The van der Waals surface area contributed by atoms with Gasteiger partial charge >= 0.3 is 6.03 Å². The fourth-order valence-corrected chi connectivity index (χ4v) is 4.29. The molecular weight excluding hydrogens is 374 g/mol. The number of urea groups is 1. The first-order valence-corrected chi connectivity index (χ1v) is 9.75. The standard InChI is InChI=1S/C20H24N5O4/c1-22(16(26)13-23-10-2-3-11-23)14-5-7-15(8-6-14)25-18(28)20(17(21)27)9-4-12-24(20)19(25)29/h5-9H,2-4,10-13H2,1H3,(H2,21,27)/t20-/m0/s1. The quantitative estimate of drug-likeness (QED) is 0.569. The summed E-state index contributed by atoms with van der Waals surface area (Å²) in [6.45, 7) is 2.52. The van der Waals surface area contributed by atoms with Gasteiger partial charge < -0.3 is 15.5 Å². The number of likely N-dealkylation sites (N-methyl/N-ethyl adjacent to an activating group) is 1. The van der Waals surface area contributed by atoms with Crippen molar-refractivity contribution in [3.05, 3.63) is 30.7 Å². The van der Waals surface area contributed by atoms with E-state index in [9.17, 15) is 19.2 Å². The van der Waals surface area contributed by atoms with E-state index in [2.05, 4.69) is 4.90 Å². The molecule has 1 aromatic rings. The van der Waals surface area contributed by atoms with E-state index < -0.39 is 23.4 Å². The molecule has 2 N–H and O–H groups in total. The van der Waals surface area contributed by atoms with E-state index in [-0.39, 0.29) is 12.5 Å². The zero-order chi connectivity index (χ0) is 20.8. The summed E-state index contributed by atoms with van der Waals surface area (Å²) >= 11 is 0. The van der Waals surface area contributed by atoms with Crippen LogP contribution in [0.25, 0.3) is 0 Å². The van der Waals surface area contributed by atoms with Crippen LogP contribution in [0, 0.1) is 6.42 Å². The second-order valence-electron chi connectivity index (χ2n) is 7.65. The molecule has 29 heavy (non-hydrogen) atoms. The van der Waals surface area contributed by atoms with Gasteiger partial charge in [0.15, 0.2) is 0 Å². The summed E-state index contributed by atoms with van der Waals surface area (Å²) in [5.41, 5.74) is 4.78. The van der Waals surface area contributed by atoms with Gasteiger partial charge in [-0.15, -0.1) is 0 Å². The largest absolute Gasteiger partial charge is 0.367 e. The number of fused-ring (bicyclic) bond motifs is 1. The molecule has 3 heterocycles. The Morgan fingerprint density at radius 3 is 2.34 bits per heavy atom. The van der Waals surface area contributed by atoms with Gasteiger partial charge in [0.2, 0.25) is 11.4 Å². The molecule has 4 rings (SSSR count). The summed E-state index contributed by atoms with van der Waals surface area (Å²) in [7, 11) is 1.70. The molecule has 0 spiro atoms. The molecule has 3 fully saturated rings. The normalized spacial score (nSPS) is 24.3. The highest BCUT2D eigenvalue weighted by atomic mass is 16.2. The molecular formula is C20H24N5O4. The molecule has 9 heteroatoms. The van der Waals surface area contributed by atoms with E-state index in [1.807, 2.05) is 0 Å². The summed E-state index contributed by atoms with van der Waals surface area (Å²) < 4.78 is 0. The average molecular weight is 398 g/mol. The molecule has 0 aliphatic carbocycles. The van der Waals surface area contributed by atoms with E-state index in [1.165, 1.54) is 11.3 Å². The van der Waals surface area contributed by atoms with Crippen molar-refractivity contribution in [3.63, 3.8) is 0 Å². The monoisotopic (exact) mass is 398 g/mol. The first kappa shape index (κ1) is 19.4. The first-order chi connectivity index (χ1) is 13.9. The van der Waals surface area contributed by atoms with E-state index in [0.29, 0.717) is 24.3 Å². The first-order valence-electron chi connectivity index (χ1n) is 9.75. The highest BCUT2D eigenvalue weighted by molar-refractivity contribution is 6.32. The van der Waals surface area contributed by atoms with Crippen LogP contribution in [0.4, 0.5) is 16.2 Å². The van der Waals surface area contributed by atoms with Gasteiger partial charge in [0.25, 0.3) is 11.8 Å². The Morgan fingerprint density at radius 1 is 1.10 bits per heavy atom.